The lowest BCUT2D eigenvalue weighted by Gasteiger charge is -2.21. The molecule has 23 heavy (non-hydrogen) atoms. The van der Waals surface area contributed by atoms with Crippen LogP contribution in [0.2, 0.25) is 0 Å². The zero-order valence-electron chi connectivity index (χ0n) is 13.4. The van der Waals surface area contributed by atoms with Crippen molar-refractivity contribution in [2.45, 2.75) is 13.5 Å². The van der Waals surface area contributed by atoms with Gasteiger partial charge in [0, 0.05) is 12.6 Å². The van der Waals surface area contributed by atoms with E-state index in [1.165, 1.54) is 7.11 Å². The monoisotopic (exact) mass is 316 g/mol. The molecule has 0 saturated carbocycles. The maximum atomic E-state index is 11.9. The molecule has 0 aromatic heterocycles. The number of aryl methyl sites for hydroxylation is 1. The lowest BCUT2D eigenvalue weighted by Crippen LogP contribution is -2.36. The largest absolute Gasteiger partial charge is 0.489 e. The number of carbonyl (C=O) groups excluding carboxylic acids is 1. The highest BCUT2D eigenvalue weighted by Gasteiger charge is 2.20. The Morgan fingerprint density at radius 2 is 1.83 bits per heavy atom. The van der Waals surface area contributed by atoms with Crippen molar-refractivity contribution in [1.82, 2.24) is 5.48 Å². The maximum absolute atomic E-state index is 11.9. The fourth-order valence-electron chi connectivity index (χ4n) is 2.06. The zero-order chi connectivity index (χ0) is 16.7. The predicted octanol–water partition coefficient (Wildman–Crippen LogP) is 3.21. The molecule has 0 saturated heterocycles. The van der Waals surface area contributed by atoms with E-state index < -0.39 is 6.09 Å². The fraction of sp³-hybridized carbons (Fsp3) is 0.235. The Morgan fingerprint density at radius 3 is 2.52 bits per heavy atom. The van der Waals surface area contributed by atoms with Crippen LogP contribution in [-0.2, 0) is 16.3 Å². The Morgan fingerprint density at radius 1 is 1.13 bits per heavy atom. The Hall–Kier alpha value is -2.57. The summed E-state index contributed by atoms with van der Waals surface area (Å²) in [6, 6.07) is 15.0. The van der Waals surface area contributed by atoms with Gasteiger partial charge in [0.15, 0.2) is 0 Å². The smallest absolute Gasteiger partial charge is 0.440 e. The molecule has 0 aliphatic heterocycles. The summed E-state index contributed by atoms with van der Waals surface area (Å²) in [5, 5.41) is 1.04. The Balaban J connectivity index is 2.22. The Bertz CT molecular complexity index is 661. The van der Waals surface area contributed by atoms with Gasteiger partial charge in [0.05, 0.1) is 12.8 Å². The minimum Gasteiger partial charge on any atom is -0.489 e. The van der Waals surface area contributed by atoms with E-state index in [1.54, 1.807) is 13.1 Å². The average Bonchev–Trinajstić information content (AvgIpc) is 2.59. The van der Waals surface area contributed by atoms with E-state index in [0.717, 1.165) is 21.9 Å². The van der Waals surface area contributed by atoms with Gasteiger partial charge in [0.2, 0.25) is 0 Å². The zero-order valence-corrected chi connectivity index (χ0v) is 13.4. The fourth-order valence-corrected chi connectivity index (χ4v) is 2.06. The van der Waals surface area contributed by atoms with Crippen LogP contribution in [0.5, 0.6) is 5.75 Å². The first-order chi connectivity index (χ1) is 11.2. The van der Waals surface area contributed by atoms with Crippen molar-refractivity contribution in [3.8, 4) is 5.75 Å². The van der Waals surface area contributed by atoms with Gasteiger partial charge in [0.25, 0.3) is 0 Å². The van der Waals surface area contributed by atoms with E-state index in [2.05, 4.69) is 5.48 Å². The molecule has 0 spiro atoms. The van der Waals surface area contributed by atoms with E-state index in [0.29, 0.717) is 12.3 Å². The standard InChI is InChI=1S/C17H20N2O4/c1-13-8-4-7-11-16(13)22-12-14-9-5-6-10-15(14)19(23-18-2)17(20)21-3/h4-11,18H,12H2,1-3H3. The normalized spacial score (nSPS) is 10.2. The number of amides is 1. The number of hydroxylamine groups is 2. The molecule has 6 nitrogen and oxygen atoms in total. The molecular formula is C17H20N2O4. The van der Waals surface area contributed by atoms with Gasteiger partial charge in [-0.3, -0.25) is 0 Å². The van der Waals surface area contributed by atoms with Gasteiger partial charge < -0.3 is 9.47 Å². The number of nitrogens with zero attached hydrogens (tertiary/aromatic N) is 1. The third-order valence-electron chi connectivity index (χ3n) is 3.21. The third-order valence-corrected chi connectivity index (χ3v) is 3.21. The van der Waals surface area contributed by atoms with Gasteiger partial charge >= 0.3 is 6.09 Å². The summed E-state index contributed by atoms with van der Waals surface area (Å²) >= 11 is 0. The Labute approximate surface area is 135 Å². The van der Waals surface area contributed by atoms with Crippen molar-refractivity contribution in [2.75, 3.05) is 19.2 Å². The van der Waals surface area contributed by atoms with Gasteiger partial charge in [0.1, 0.15) is 12.4 Å². The number of nitrogens with one attached hydrogen (secondary N) is 1. The van der Waals surface area contributed by atoms with Crippen LogP contribution >= 0.6 is 0 Å². The summed E-state index contributed by atoms with van der Waals surface area (Å²) in [4.78, 5) is 17.0. The van der Waals surface area contributed by atoms with E-state index in [9.17, 15) is 4.79 Å². The van der Waals surface area contributed by atoms with Gasteiger partial charge in [-0.05, 0) is 24.6 Å². The van der Waals surface area contributed by atoms with E-state index in [-0.39, 0.29) is 0 Å². The second kappa shape index (κ2) is 8.17. The number of hydrogen-bond acceptors (Lipinski definition) is 5. The number of rotatable bonds is 6. The molecule has 0 aliphatic rings. The second-order valence-electron chi connectivity index (χ2n) is 4.74. The topological polar surface area (TPSA) is 60.0 Å². The SMILES string of the molecule is CNON(C(=O)OC)c1ccccc1COc1ccccc1C. The number of para-hydroxylation sites is 2. The highest BCUT2D eigenvalue weighted by molar-refractivity contribution is 5.86. The minimum atomic E-state index is -0.636. The number of anilines is 1. The van der Waals surface area contributed by atoms with Crippen LogP contribution in [0.25, 0.3) is 0 Å². The number of methoxy groups -OCH3 is 1. The summed E-state index contributed by atoms with van der Waals surface area (Å²) < 4.78 is 10.6. The van der Waals surface area contributed by atoms with Crippen LogP contribution in [0, 0.1) is 6.92 Å². The second-order valence-corrected chi connectivity index (χ2v) is 4.74. The molecule has 1 N–H and O–H groups in total. The minimum absolute atomic E-state index is 0.293. The lowest BCUT2D eigenvalue weighted by molar-refractivity contribution is 0.0312. The van der Waals surface area contributed by atoms with Crippen LogP contribution in [0.1, 0.15) is 11.1 Å². The lowest BCUT2D eigenvalue weighted by atomic mass is 10.2. The summed E-state index contributed by atoms with van der Waals surface area (Å²) in [5.74, 6) is 0.793. The van der Waals surface area contributed by atoms with Crippen LogP contribution in [0.15, 0.2) is 48.5 Å². The molecule has 0 unspecified atom stereocenters. The molecule has 6 heteroatoms. The van der Waals surface area contributed by atoms with Crippen LogP contribution in [0.3, 0.4) is 0 Å². The molecule has 0 aliphatic carbocycles. The van der Waals surface area contributed by atoms with Crippen molar-refractivity contribution < 1.29 is 19.2 Å². The molecule has 2 rings (SSSR count). The quantitative estimate of drug-likeness (QED) is 0.829. The molecule has 0 bridgehead atoms. The Kier molecular flexibility index (Phi) is 5.96. The first kappa shape index (κ1) is 16.8. The maximum Gasteiger partial charge on any atom is 0.440 e. The molecule has 0 heterocycles. The van der Waals surface area contributed by atoms with Gasteiger partial charge in [-0.15, -0.1) is 5.06 Å². The first-order valence-corrected chi connectivity index (χ1v) is 7.15. The van der Waals surface area contributed by atoms with E-state index in [1.807, 2.05) is 49.4 Å². The molecular weight excluding hydrogens is 296 g/mol. The summed E-state index contributed by atoms with van der Waals surface area (Å²) in [7, 11) is 2.85. The highest BCUT2D eigenvalue weighted by atomic mass is 16.8. The van der Waals surface area contributed by atoms with E-state index >= 15 is 0 Å². The molecule has 1 amide bonds. The molecule has 0 fully saturated rings. The van der Waals surface area contributed by atoms with Crippen LogP contribution in [-0.4, -0.2) is 20.3 Å². The van der Waals surface area contributed by atoms with Gasteiger partial charge in [-0.25, -0.2) is 4.79 Å². The number of benzene rings is 2. The van der Waals surface area contributed by atoms with Gasteiger partial charge in [-0.2, -0.15) is 10.4 Å². The summed E-state index contributed by atoms with van der Waals surface area (Å²) in [6.07, 6.45) is -0.636. The van der Waals surface area contributed by atoms with Crippen molar-refractivity contribution in [3.63, 3.8) is 0 Å². The first-order valence-electron chi connectivity index (χ1n) is 7.15. The molecule has 122 valence electrons. The summed E-state index contributed by atoms with van der Waals surface area (Å²) in [6.45, 7) is 2.27. The predicted molar refractivity (Wildman–Crippen MR) is 87.0 cm³/mol. The van der Waals surface area contributed by atoms with Crippen molar-refractivity contribution >= 4 is 11.8 Å². The molecule has 0 radical (unpaired) electrons. The van der Waals surface area contributed by atoms with Crippen LogP contribution < -0.4 is 15.3 Å². The van der Waals surface area contributed by atoms with Crippen molar-refractivity contribution in [2.24, 2.45) is 0 Å². The number of ether oxygens (including phenoxy) is 2. The number of carbonyl (C=O) groups is 1. The van der Waals surface area contributed by atoms with Crippen molar-refractivity contribution in [1.29, 1.82) is 0 Å². The highest BCUT2D eigenvalue weighted by Crippen LogP contribution is 2.24. The third kappa shape index (κ3) is 4.21. The average molecular weight is 316 g/mol. The summed E-state index contributed by atoms with van der Waals surface area (Å²) in [5.41, 5.74) is 4.85. The van der Waals surface area contributed by atoms with Crippen molar-refractivity contribution in [3.05, 3.63) is 59.7 Å². The molecule has 2 aromatic rings. The molecule has 0 atom stereocenters. The number of hydrogen-bond donors (Lipinski definition) is 1. The van der Waals surface area contributed by atoms with Crippen LogP contribution in [0.4, 0.5) is 10.5 Å². The van der Waals surface area contributed by atoms with Gasteiger partial charge in [-0.1, -0.05) is 36.4 Å². The van der Waals surface area contributed by atoms with E-state index in [4.69, 9.17) is 14.4 Å². The molecule has 2 aromatic carbocycles.